The summed E-state index contributed by atoms with van der Waals surface area (Å²) in [7, 11) is 1.81. The van der Waals surface area contributed by atoms with Gasteiger partial charge in [-0.05, 0) is 24.6 Å². The lowest BCUT2D eigenvalue weighted by molar-refractivity contribution is -0.116. The lowest BCUT2D eigenvalue weighted by Crippen LogP contribution is -2.31. The van der Waals surface area contributed by atoms with E-state index in [0.29, 0.717) is 13.2 Å². The maximum atomic E-state index is 12.1. The smallest absolute Gasteiger partial charge is 0.242 e. The van der Waals surface area contributed by atoms with Crippen molar-refractivity contribution in [1.29, 1.82) is 0 Å². The summed E-state index contributed by atoms with van der Waals surface area (Å²) in [5.74, 6) is 0.561. The average Bonchev–Trinajstić information content (AvgIpc) is 2.91. The lowest BCUT2D eigenvalue weighted by Gasteiger charge is -2.20. The first kappa shape index (κ1) is 15.4. The molecular formula is C15H18ClN3O2. The summed E-state index contributed by atoms with van der Waals surface area (Å²) in [6.45, 7) is 2.97. The summed E-state index contributed by atoms with van der Waals surface area (Å²) in [6.07, 6.45) is 3.44. The largest absolute Gasteiger partial charge is 0.494 e. The summed E-state index contributed by atoms with van der Waals surface area (Å²) < 4.78 is 7.13. The van der Waals surface area contributed by atoms with Gasteiger partial charge in [-0.1, -0.05) is 12.1 Å². The van der Waals surface area contributed by atoms with Crippen LogP contribution >= 0.6 is 11.6 Å². The zero-order chi connectivity index (χ0) is 15.2. The molecule has 1 aromatic carbocycles. The first-order chi connectivity index (χ1) is 10.1. The Balaban J connectivity index is 2.22. The first-order valence-corrected chi connectivity index (χ1v) is 7.24. The second-order valence-electron chi connectivity index (χ2n) is 4.57. The van der Waals surface area contributed by atoms with E-state index in [4.69, 9.17) is 16.3 Å². The van der Waals surface area contributed by atoms with E-state index in [1.165, 1.54) is 0 Å². The van der Waals surface area contributed by atoms with Crippen LogP contribution in [-0.2, 0) is 18.4 Å². The van der Waals surface area contributed by atoms with E-state index in [1.807, 2.05) is 38.2 Å². The highest BCUT2D eigenvalue weighted by molar-refractivity contribution is 6.29. The van der Waals surface area contributed by atoms with Gasteiger partial charge >= 0.3 is 0 Å². The first-order valence-electron chi connectivity index (χ1n) is 6.70. The molecule has 0 N–H and O–H groups in total. The predicted molar refractivity (Wildman–Crippen MR) is 82.7 cm³/mol. The topological polar surface area (TPSA) is 47.4 Å². The zero-order valence-electron chi connectivity index (χ0n) is 12.1. The predicted octanol–water partition coefficient (Wildman–Crippen LogP) is 2.59. The Hall–Kier alpha value is -2.01. The fraction of sp³-hybridized carbons (Fsp3) is 0.333. The number of carbonyl (C=O) groups is 1. The number of carbonyl (C=O) groups excluding carboxylic acids is 1. The van der Waals surface area contributed by atoms with Gasteiger partial charge in [-0.3, -0.25) is 9.48 Å². The Labute approximate surface area is 129 Å². The molecule has 112 valence electrons. The van der Waals surface area contributed by atoms with Crippen LogP contribution in [0.25, 0.3) is 0 Å². The summed E-state index contributed by atoms with van der Waals surface area (Å²) in [5.41, 5.74) is 1.70. The molecule has 0 aliphatic rings. The summed E-state index contributed by atoms with van der Waals surface area (Å²) in [5, 5.41) is 4.10. The fourth-order valence-corrected chi connectivity index (χ4v) is 2.17. The van der Waals surface area contributed by atoms with E-state index in [2.05, 4.69) is 5.10 Å². The van der Waals surface area contributed by atoms with Crippen molar-refractivity contribution >= 4 is 23.2 Å². The van der Waals surface area contributed by atoms with E-state index >= 15 is 0 Å². The van der Waals surface area contributed by atoms with Crippen LogP contribution in [0.1, 0.15) is 12.5 Å². The minimum absolute atomic E-state index is 0.0694. The number of amides is 1. The van der Waals surface area contributed by atoms with Gasteiger partial charge in [0.05, 0.1) is 25.0 Å². The van der Waals surface area contributed by atoms with Crippen LogP contribution in [0.15, 0.2) is 36.7 Å². The van der Waals surface area contributed by atoms with Gasteiger partial charge in [-0.25, -0.2) is 0 Å². The second-order valence-corrected chi connectivity index (χ2v) is 4.83. The van der Waals surface area contributed by atoms with E-state index in [-0.39, 0.29) is 11.8 Å². The number of nitrogens with zero attached hydrogens (tertiary/aromatic N) is 3. The summed E-state index contributed by atoms with van der Waals surface area (Å²) in [4.78, 5) is 13.7. The van der Waals surface area contributed by atoms with E-state index in [9.17, 15) is 4.79 Å². The number of halogens is 1. The van der Waals surface area contributed by atoms with Crippen LogP contribution in [0.3, 0.4) is 0 Å². The van der Waals surface area contributed by atoms with Gasteiger partial charge in [-0.15, -0.1) is 11.6 Å². The molecule has 5 nitrogen and oxygen atoms in total. The van der Waals surface area contributed by atoms with Crippen molar-refractivity contribution in [2.24, 2.45) is 7.05 Å². The SMILES string of the molecule is CCOc1cccc(CN(C(=O)CCl)c2cnn(C)c2)c1. The van der Waals surface area contributed by atoms with Crippen LogP contribution in [0, 0.1) is 0 Å². The minimum Gasteiger partial charge on any atom is -0.494 e. The summed E-state index contributed by atoms with van der Waals surface area (Å²) >= 11 is 5.71. The number of hydrogen-bond donors (Lipinski definition) is 0. The number of benzene rings is 1. The van der Waals surface area contributed by atoms with Gasteiger partial charge in [0.2, 0.25) is 5.91 Å². The third-order valence-electron chi connectivity index (χ3n) is 2.97. The molecule has 1 heterocycles. The molecule has 2 aromatic rings. The molecule has 0 aliphatic carbocycles. The highest BCUT2D eigenvalue weighted by atomic mass is 35.5. The molecule has 0 aliphatic heterocycles. The van der Waals surface area contributed by atoms with Crippen molar-refractivity contribution in [3.8, 4) is 5.75 Å². The molecule has 0 fully saturated rings. The number of rotatable bonds is 6. The molecule has 21 heavy (non-hydrogen) atoms. The molecule has 0 radical (unpaired) electrons. The van der Waals surface area contributed by atoms with Crippen LogP contribution in [0.5, 0.6) is 5.75 Å². The number of aromatic nitrogens is 2. The Kier molecular flexibility index (Phi) is 5.22. The Morgan fingerprint density at radius 1 is 1.48 bits per heavy atom. The molecule has 0 bridgehead atoms. The molecule has 1 aromatic heterocycles. The molecular weight excluding hydrogens is 290 g/mol. The Morgan fingerprint density at radius 2 is 2.29 bits per heavy atom. The standard InChI is InChI=1S/C15H18ClN3O2/c1-3-21-14-6-4-5-12(7-14)10-19(15(20)8-16)13-9-17-18(2)11-13/h4-7,9,11H,3,8,10H2,1-2H3. The van der Waals surface area contributed by atoms with Crippen molar-refractivity contribution in [3.05, 3.63) is 42.2 Å². The van der Waals surface area contributed by atoms with Gasteiger partial charge in [0.1, 0.15) is 11.6 Å². The van der Waals surface area contributed by atoms with Crippen molar-refractivity contribution in [1.82, 2.24) is 9.78 Å². The zero-order valence-corrected chi connectivity index (χ0v) is 12.9. The quantitative estimate of drug-likeness (QED) is 0.771. The average molecular weight is 308 g/mol. The number of aryl methyl sites for hydroxylation is 1. The third kappa shape index (κ3) is 3.98. The highest BCUT2D eigenvalue weighted by Crippen LogP contribution is 2.20. The van der Waals surface area contributed by atoms with E-state index < -0.39 is 0 Å². The van der Waals surface area contributed by atoms with E-state index in [0.717, 1.165) is 17.0 Å². The van der Waals surface area contributed by atoms with Crippen LogP contribution in [-0.4, -0.2) is 28.2 Å². The van der Waals surface area contributed by atoms with Crippen molar-refractivity contribution in [2.75, 3.05) is 17.4 Å². The lowest BCUT2D eigenvalue weighted by atomic mass is 10.2. The van der Waals surface area contributed by atoms with Crippen molar-refractivity contribution in [3.63, 3.8) is 0 Å². The molecule has 0 unspecified atom stereocenters. The molecule has 0 saturated carbocycles. The molecule has 2 rings (SSSR count). The normalized spacial score (nSPS) is 10.4. The van der Waals surface area contributed by atoms with Crippen LogP contribution in [0.2, 0.25) is 0 Å². The number of anilines is 1. The monoisotopic (exact) mass is 307 g/mol. The molecule has 1 amide bonds. The number of ether oxygens (including phenoxy) is 1. The van der Waals surface area contributed by atoms with Gasteiger partial charge in [0, 0.05) is 13.2 Å². The maximum Gasteiger partial charge on any atom is 0.242 e. The molecule has 0 saturated heterocycles. The van der Waals surface area contributed by atoms with Crippen molar-refractivity contribution in [2.45, 2.75) is 13.5 Å². The highest BCUT2D eigenvalue weighted by Gasteiger charge is 2.17. The van der Waals surface area contributed by atoms with Crippen LogP contribution in [0.4, 0.5) is 5.69 Å². The maximum absolute atomic E-state index is 12.1. The van der Waals surface area contributed by atoms with E-state index in [1.54, 1.807) is 22.0 Å². The van der Waals surface area contributed by atoms with Gasteiger partial charge in [0.15, 0.2) is 0 Å². The van der Waals surface area contributed by atoms with Crippen LogP contribution < -0.4 is 9.64 Å². The summed E-state index contributed by atoms with van der Waals surface area (Å²) in [6, 6.07) is 7.68. The number of hydrogen-bond acceptors (Lipinski definition) is 3. The Bertz CT molecular complexity index is 612. The minimum atomic E-state index is -0.161. The second kappa shape index (κ2) is 7.13. The molecule has 6 heteroatoms. The van der Waals surface area contributed by atoms with Crippen molar-refractivity contribution < 1.29 is 9.53 Å². The fourth-order valence-electron chi connectivity index (χ4n) is 2.03. The van der Waals surface area contributed by atoms with Gasteiger partial charge in [0.25, 0.3) is 0 Å². The van der Waals surface area contributed by atoms with Gasteiger partial charge in [-0.2, -0.15) is 5.10 Å². The molecule has 0 atom stereocenters. The third-order valence-corrected chi connectivity index (χ3v) is 3.20. The van der Waals surface area contributed by atoms with Gasteiger partial charge < -0.3 is 9.64 Å². The molecule has 0 spiro atoms. The Morgan fingerprint density at radius 3 is 2.90 bits per heavy atom. The number of alkyl halides is 1.